The normalized spacial score (nSPS) is 16.1. The van der Waals surface area contributed by atoms with Crippen molar-refractivity contribution in [3.05, 3.63) is 106 Å². The zero-order valence-electron chi connectivity index (χ0n) is 20.7. The van der Waals surface area contributed by atoms with Gasteiger partial charge < -0.3 is 20.1 Å². The highest BCUT2D eigenvalue weighted by Crippen LogP contribution is 2.37. The lowest BCUT2D eigenvalue weighted by Crippen LogP contribution is -2.43. The highest BCUT2D eigenvalue weighted by atomic mass is 19.1. The van der Waals surface area contributed by atoms with Crippen LogP contribution in [0.4, 0.5) is 8.78 Å². The number of carbonyl (C=O) groups is 1. The van der Waals surface area contributed by atoms with Crippen molar-refractivity contribution >= 4 is 17.0 Å². The topological polar surface area (TPSA) is 98.6 Å². The molecule has 1 aliphatic rings. The number of nitrogens with one attached hydrogen (secondary N) is 1. The van der Waals surface area contributed by atoms with Crippen molar-refractivity contribution < 1.29 is 23.8 Å². The minimum Gasteiger partial charge on any atom is -0.481 e. The number of aliphatic hydroxyl groups is 1. The number of benzene rings is 3. The number of hydrogen-bond acceptors (Lipinski definition) is 4. The molecule has 2 heterocycles. The molecule has 1 unspecified atom stereocenters. The molecule has 0 radical (unpaired) electrons. The van der Waals surface area contributed by atoms with Crippen LogP contribution in [0.15, 0.2) is 77.6 Å². The van der Waals surface area contributed by atoms with Crippen LogP contribution in [0.5, 0.6) is 0 Å². The van der Waals surface area contributed by atoms with E-state index in [2.05, 4.69) is 4.98 Å². The van der Waals surface area contributed by atoms with Crippen LogP contribution in [0.25, 0.3) is 11.0 Å². The number of aliphatic carboxylic acids is 1. The molecule has 38 heavy (non-hydrogen) atoms. The summed E-state index contributed by atoms with van der Waals surface area (Å²) in [6.45, 7) is 1.37. The van der Waals surface area contributed by atoms with Crippen molar-refractivity contribution in [2.45, 2.75) is 30.9 Å². The second-order valence-corrected chi connectivity index (χ2v) is 9.96. The Morgan fingerprint density at radius 3 is 2.05 bits per heavy atom. The number of H-pyrrole nitrogens is 1. The number of imidazole rings is 1. The lowest BCUT2D eigenvalue weighted by Gasteiger charge is -2.36. The summed E-state index contributed by atoms with van der Waals surface area (Å²) in [6, 6.07) is 18.0. The largest absolute Gasteiger partial charge is 0.481 e. The van der Waals surface area contributed by atoms with E-state index in [0.717, 1.165) is 11.0 Å². The second kappa shape index (κ2) is 10.5. The minimum atomic E-state index is -1.76. The molecular weight excluding hydrogens is 492 g/mol. The summed E-state index contributed by atoms with van der Waals surface area (Å²) in [7, 11) is 0. The van der Waals surface area contributed by atoms with E-state index in [1.807, 2.05) is 29.2 Å². The lowest BCUT2D eigenvalue weighted by molar-refractivity contribution is -0.144. The zero-order valence-corrected chi connectivity index (χ0v) is 20.7. The number of carboxylic acids is 1. The van der Waals surface area contributed by atoms with E-state index in [4.69, 9.17) is 0 Å². The lowest BCUT2D eigenvalue weighted by atomic mass is 9.79. The molecule has 1 aliphatic heterocycles. The van der Waals surface area contributed by atoms with Gasteiger partial charge in [0.1, 0.15) is 17.2 Å². The van der Waals surface area contributed by atoms with Crippen LogP contribution in [-0.2, 0) is 10.4 Å². The quantitative estimate of drug-likeness (QED) is 0.322. The highest BCUT2D eigenvalue weighted by Gasteiger charge is 2.38. The van der Waals surface area contributed by atoms with Gasteiger partial charge in [0.2, 0.25) is 0 Å². The van der Waals surface area contributed by atoms with Crippen LogP contribution in [0, 0.1) is 17.6 Å². The number of nitrogens with zero attached hydrogens (tertiary/aromatic N) is 2. The Labute approximate surface area is 218 Å². The fraction of sp³-hybridized carbons (Fsp3) is 0.310. The number of fused-ring (bicyclic) bond motifs is 1. The Hall–Kier alpha value is -3.82. The first-order chi connectivity index (χ1) is 18.2. The molecule has 0 amide bonds. The number of aromatic amines is 1. The summed E-state index contributed by atoms with van der Waals surface area (Å²) in [5.74, 6) is -2.99. The zero-order chi connectivity index (χ0) is 26.9. The van der Waals surface area contributed by atoms with Gasteiger partial charge in [-0.05, 0) is 66.8 Å². The molecule has 0 saturated carbocycles. The first-order valence-corrected chi connectivity index (χ1v) is 12.6. The number of rotatable bonds is 8. The van der Waals surface area contributed by atoms with Crippen molar-refractivity contribution in [1.29, 1.82) is 0 Å². The number of aromatic nitrogens is 2. The van der Waals surface area contributed by atoms with Gasteiger partial charge in [-0.2, -0.15) is 0 Å². The average molecular weight is 522 g/mol. The smallest absolute Gasteiger partial charge is 0.326 e. The fourth-order valence-corrected chi connectivity index (χ4v) is 5.55. The van der Waals surface area contributed by atoms with Crippen LogP contribution in [-0.4, -0.2) is 50.3 Å². The molecule has 7 nitrogen and oxygen atoms in total. The van der Waals surface area contributed by atoms with E-state index < -0.39 is 29.1 Å². The number of halogens is 2. The molecule has 0 spiro atoms. The molecule has 4 aromatic rings. The van der Waals surface area contributed by atoms with Crippen LogP contribution in [0.3, 0.4) is 0 Å². The van der Waals surface area contributed by atoms with Gasteiger partial charge in [-0.1, -0.05) is 36.4 Å². The Morgan fingerprint density at radius 2 is 1.50 bits per heavy atom. The van der Waals surface area contributed by atoms with Gasteiger partial charge in [0.25, 0.3) is 0 Å². The maximum absolute atomic E-state index is 13.6. The molecule has 0 aliphatic carbocycles. The number of piperidine rings is 1. The number of para-hydroxylation sites is 2. The van der Waals surface area contributed by atoms with Gasteiger partial charge in [-0.25, -0.2) is 13.6 Å². The summed E-state index contributed by atoms with van der Waals surface area (Å²) in [5, 5.41) is 21.9. The summed E-state index contributed by atoms with van der Waals surface area (Å²) in [6.07, 6.45) is 1.17. The van der Waals surface area contributed by atoms with Crippen LogP contribution in [0.1, 0.15) is 36.4 Å². The summed E-state index contributed by atoms with van der Waals surface area (Å²) < 4.78 is 29.0. The van der Waals surface area contributed by atoms with E-state index >= 15 is 0 Å². The van der Waals surface area contributed by atoms with Gasteiger partial charge >= 0.3 is 11.7 Å². The third-order valence-corrected chi connectivity index (χ3v) is 7.56. The molecule has 1 saturated heterocycles. The first kappa shape index (κ1) is 25.8. The maximum atomic E-state index is 13.6. The van der Waals surface area contributed by atoms with Gasteiger partial charge in [-0.15, -0.1) is 0 Å². The predicted molar refractivity (Wildman–Crippen MR) is 139 cm³/mol. The van der Waals surface area contributed by atoms with E-state index in [9.17, 15) is 28.6 Å². The molecule has 0 bridgehead atoms. The van der Waals surface area contributed by atoms with Crippen molar-refractivity contribution in [1.82, 2.24) is 14.5 Å². The third-order valence-electron chi connectivity index (χ3n) is 7.56. The molecule has 3 N–H and O–H groups in total. The Bertz CT molecular complexity index is 1430. The summed E-state index contributed by atoms with van der Waals surface area (Å²) in [5.41, 5.74) is 0.370. The summed E-state index contributed by atoms with van der Waals surface area (Å²) >= 11 is 0. The molecule has 5 rings (SSSR count). The SMILES string of the molecule is O=C(O)C(CN1CCC(n2c(=O)[nH]c3ccccc32)CC1)CC(O)(c1ccc(F)cc1)c1ccc(F)cc1. The Morgan fingerprint density at radius 1 is 0.947 bits per heavy atom. The van der Waals surface area contributed by atoms with Gasteiger partial charge in [0.15, 0.2) is 0 Å². The minimum absolute atomic E-state index is 0.00598. The number of likely N-dealkylation sites (tertiary alicyclic amines) is 1. The monoisotopic (exact) mass is 521 g/mol. The molecule has 9 heteroatoms. The standard InChI is InChI=1S/C29H29F2N3O4/c30-22-9-5-20(6-10-22)29(38,21-7-11-23(31)12-8-21)17-19(27(35)36)18-33-15-13-24(14-16-33)34-26-4-2-1-3-25(26)32-28(34)37/h1-12,19,24,38H,13-18H2,(H,32,37)(H,35,36). The van der Waals surface area contributed by atoms with Crippen molar-refractivity contribution in [2.75, 3.05) is 19.6 Å². The highest BCUT2D eigenvalue weighted by molar-refractivity contribution is 5.75. The number of hydrogen-bond donors (Lipinski definition) is 3. The van der Waals surface area contributed by atoms with Gasteiger partial charge in [0.05, 0.1) is 17.0 Å². The summed E-state index contributed by atoms with van der Waals surface area (Å²) in [4.78, 5) is 29.9. The first-order valence-electron chi connectivity index (χ1n) is 12.6. The molecule has 1 atom stereocenters. The van der Waals surface area contributed by atoms with Crippen LogP contribution >= 0.6 is 0 Å². The van der Waals surface area contributed by atoms with Gasteiger partial charge in [-0.3, -0.25) is 9.36 Å². The molecule has 1 aromatic heterocycles. The van der Waals surface area contributed by atoms with E-state index in [1.54, 1.807) is 4.57 Å². The number of carboxylic acid groups (broad SMARTS) is 1. The predicted octanol–water partition coefficient (Wildman–Crippen LogP) is 4.27. The second-order valence-electron chi connectivity index (χ2n) is 9.96. The van der Waals surface area contributed by atoms with E-state index in [1.165, 1.54) is 48.5 Å². The molecular formula is C29H29F2N3O4. The van der Waals surface area contributed by atoms with Crippen molar-refractivity contribution in [3.8, 4) is 0 Å². The van der Waals surface area contributed by atoms with Crippen molar-refractivity contribution in [2.24, 2.45) is 5.92 Å². The van der Waals surface area contributed by atoms with Crippen LogP contribution < -0.4 is 5.69 Å². The molecule has 1 fully saturated rings. The Kier molecular flexibility index (Phi) is 7.14. The van der Waals surface area contributed by atoms with E-state index in [-0.39, 0.29) is 24.7 Å². The average Bonchev–Trinajstić information content (AvgIpc) is 3.25. The third kappa shape index (κ3) is 5.12. The van der Waals surface area contributed by atoms with Gasteiger partial charge in [0, 0.05) is 25.7 Å². The van der Waals surface area contributed by atoms with E-state index in [0.29, 0.717) is 37.1 Å². The molecule has 198 valence electrons. The van der Waals surface area contributed by atoms with Crippen molar-refractivity contribution in [3.63, 3.8) is 0 Å². The van der Waals surface area contributed by atoms with Crippen LogP contribution in [0.2, 0.25) is 0 Å². The fourth-order valence-electron chi connectivity index (χ4n) is 5.55. The molecule has 3 aromatic carbocycles. The Balaban J connectivity index is 1.34. The maximum Gasteiger partial charge on any atom is 0.326 e.